The normalized spacial score (nSPS) is 10.7. The van der Waals surface area contributed by atoms with Crippen LogP contribution in [0.3, 0.4) is 0 Å². The molecule has 2 rings (SSSR count). The van der Waals surface area contributed by atoms with Crippen molar-refractivity contribution in [1.29, 1.82) is 0 Å². The molecule has 0 unspecified atom stereocenters. The maximum Gasteiger partial charge on any atom is 0.225 e. The number of rotatable bonds is 8. The first kappa shape index (κ1) is 22.0. The molecular formula is C18H23ClN2O4S. The van der Waals surface area contributed by atoms with Crippen LogP contribution in [0, 0.1) is 0 Å². The Kier molecular flexibility index (Phi) is 8.57. The van der Waals surface area contributed by atoms with E-state index >= 15 is 0 Å². The molecule has 8 heteroatoms. The quantitative estimate of drug-likeness (QED) is 0.713. The Hall–Kier alpha value is -2.09. The van der Waals surface area contributed by atoms with Crippen LogP contribution in [0.2, 0.25) is 0 Å². The summed E-state index contributed by atoms with van der Waals surface area (Å²) < 4.78 is 30.0. The first-order valence-electron chi connectivity index (χ1n) is 8.00. The molecule has 1 amide bonds. The fourth-order valence-electron chi connectivity index (χ4n) is 2.14. The van der Waals surface area contributed by atoms with Crippen LogP contribution in [0.5, 0.6) is 11.5 Å². The molecule has 0 aromatic heterocycles. The average molecular weight is 399 g/mol. The Morgan fingerprint density at radius 2 is 1.73 bits per heavy atom. The molecule has 0 fully saturated rings. The first-order valence-corrected chi connectivity index (χ1v) is 9.65. The number of hydrogen-bond donors (Lipinski definition) is 2. The Labute approximate surface area is 160 Å². The van der Waals surface area contributed by atoms with E-state index in [0.717, 1.165) is 0 Å². The minimum atomic E-state index is -3.37. The lowest BCUT2D eigenvalue weighted by Crippen LogP contribution is -2.18. The summed E-state index contributed by atoms with van der Waals surface area (Å²) in [6, 6.07) is 13.3. The summed E-state index contributed by atoms with van der Waals surface area (Å²) in [5.74, 6) is 0.704. The molecule has 0 saturated carbocycles. The number of nitrogens with one attached hydrogen (secondary N) is 2. The highest BCUT2D eigenvalue weighted by atomic mass is 35.5. The summed E-state index contributed by atoms with van der Waals surface area (Å²) in [6.45, 7) is 2.20. The second-order valence-corrected chi connectivity index (χ2v) is 7.62. The number of amides is 1. The van der Waals surface area contributed by atoms with Crippen LogP contribution in [-0.4, -0.2) is 33.7 Å². The molecule has 26 heavy (non-hydrogen) atoms. The van der Waals surface area contributed by atoms with E-state index in [1.165, 1.54) is 6.07 Å². The molecule has 0 bridgehead atoms. The number of halogens is 1. The number of ether oxygens (including phenoxy) is 1. The van der Waals surface area contributed by atoms with Crippen LogP contribution in [0.15, 0.2) is 53.4 Å². The third-order valence-electron chi connectivity index (χ3n) is 3.53. The van der Waals surface area contributed by atoms with E-state index in [0.29, 0.717) is 24.4 Å². The number of sulfone groups is 1. The molecule has 0 saturated heterocycles. The van der Waals surface area contributed by atoms with Gasteiger partial charge in [-0.1, -0.05) is 19.1 Å². The van der Waals surface area contributed by atoms with Gasteiger partial charge in [0, 0.05) is 18.7 Å². The maximum absolute atomic E-state index is 12.1. The highest BCUT2D eigenvalue weighted by Gasteiger charge is 2.17. The van der Waals surface area contributed by atoms with Gasteiger partial charge in [0.2, 0.25) is 5.91 Å². The van der Waals surface area contributed by atoms with Gasteiger partial charge < -0.3 is 15.4 Å². The number of anilines is 1. The zero-order valence-corrected chi connectivity index (χ0v) is 16.3. The number of carbonyl (C=O) groups is 1. The Morgan fingerprint density at radius 3 is 2.35 bits per heavy atom. The van der Waals surface area contributed by atoms with Crippen molar-refractivity contribution in [2.75, 3.05) is 24.7 Å². The molecule has 2 N–H and O–H groups in total. The van der Waals surface area contributed by atoms with Crippen molar-refractivity contribution in [3.8, 4) is 11.5 Å². The van der Waals surface area contributed by atoms with Gasteiger partial charge >= 0.3 is 0 Å². The lowest BCUT2D eigenvalue weighted by atomic mass is 10.3. The lowest BCUT2D eigenvalue weighted by molar-refractivity contribution is -0.116. The number of benzene rings is 2. The van der Waals surface area contributed by atoms with E-state index < -0.39 is 9.84 Å². The molecule has 6 nitrogen and oxygen atoms in total. The summed E-state index contributed by atoms with van der Waals surface area (Å²) in [4.78, 5) is 11.9. The maximum atomic E-state index is 12.1. The summed E-state index contributed by atoms with van der Waals surface area (Å²) in [6.07, 6.45) is 0.386. The van der Waals surface area contributed by atoms with Gasteiger partial charge in [0.05, 0.1) is 5.75 Å². The Morgan fingerprint density at radius 1 is 1.08 bits per heavy atom. The van der Waals surface area contributed by atoms with Gasteiger partial charge in [-0.15, -0.1) is 12.4 Å². The van der Waals surface area contributed by atoms with Gasteiger partial charge in [-0.25, -0.2) is 8.42 Å². The molecule has 142 valence electrons. The van der Waals surface area contributed by atoms with Crippen molar-refractivity contribution in [3.05, 3.63) is 48.5 Å². The molecule has 0 aliphatic rings. The van der Waals surface area contributed by atoms with E-state index in [1.54, 1.807) is 56.4 Å². The smallest absolute Gasteiger partial charge is 0.225 e. The van der Waals surface area contributed by atoms with Crippen molar-refractivity contribution >= 4 is 33.8 Å². The van der Waals surface area contributed by atoms with Gasteiger partial charge in [0.1, 0.15) is 16.4 Å². The SMILES string of the molecule is CCS(=O)(=O)c1ccccc1Oc1ccc(NC(=O)CCNC)cc1.Cl. The van der Waals surface area contributed by atoms with Crippen molar-refractivity contribution in [2.24, 2.45) is 0 Å². The third kappa shape index (κ3) is 6.01. The van der Waals surface area contributed by atoms with Gasteiger partial charge in [0.15, 0.2) is 9.84 Å². The highest BCUT2D eigenvalue weighted by Crippen LogP contribution is 2.29. The molecule has 2 aromatic carbocycles. The minimum Gasteiger partial charge on any atom is -0.456 e. The Bertz CT molecular complexity index is 823. The average Bonchev–Trinajstić information content (AvgIpc) is 2.62. The number of hydrogen-bond acceptors (Lipinski definition) is 5. The van der Waals surface area contributed by atoms with Crippen LogP contribution < -0.4 is 15.4 Å². The van der Waals surface area contributed by atoms with E-state index in [4.69, 9.17) is 4.74 Å². The second kappa shape index (κ2) is 10.2. The van der Waals surface area contributed by atoms with Gasteiger partial charge in [-0.05, 0) is 43.4 Å². The highest BCUT2D eigenvalue weighted by molar-refractivity contribution is 7.91. The van der Waals surface area contributed by atoms with Crippen LogP contribution in [-0.2, 0) is 14.6 Å². The van der Waals surface area contributed by atoms with Crippen molar-refractivity contribution < 1.29 is 17.9 Å². The topological polar surface area (TPSA) is 84.5 Å². The van der Waals surface area contributed by atoms with Crippen molar-refractivity contribution in [2.45, 2.75) is 18.2 Å². The fraction of sp³-hybridized carbons (Fsp3) is 0.278. The standard InChI is InChI=1S/C18H22N2O4S.ClH/c1-3-25(22,23)17-7-5-4-6-16(17)24-15-10-8-14(9-11-15)20-18(21)12-13-19-2;/h4-11,19H,3,12-13H2,1-2H3,(H,20,21);1H. The number of carbonyl (C=O) groups excluding carboxylic acids is 1. The largest absolute Gasteiger partial charge is 0.456 e. The number of para-hydroxylation sites is 1. The van der Waals surface area contributed by atoms with Crippen molar-refractivity contribution in [3.63, 3.8) is 0 Å². The summed E-state index contributed by atoms with van der Waals surface area (Å²) in [5.41, 5.74) is 0.655. The molecule has 0 heterocycles. The van der Waals surface area contributed by atoms with E-state index in [9.17, 15) is 13.2 Å². The van der Waals surface area contributed by atoms with Crippen molar-refractivity contribution in [1.82, 2.24) is 5.32 Å². The summed E-state index contributed by atoms with van der Waals surface area (Å²) in [7, 11) is -1.58. The monoisotopic (exact) mass is 398 g/mol. The predicted octanol–water partition coefficient (Wildman–Crippen LogP) is 3.24. The van der Waals surface area contributed by atoms with E-state index in [1.807, 2.05) is 0 Å². The van der Waals surface area contributed by atoms with Gasteiger partial charge in [-0.2, -0.15) is 0 Å². The van der Waals surface area contributed by atoms with E-state index in [2.05, 4.69) is 10.6 Å². The zero-order valence-electron chi connectivity index (χ0n) is 14.7. The van der Waals surface area contributed by atoms with Crippen LogP contribution in [0.4, 0.5) is 5.69 Å². The van der Waals surface area contributed by atoms with Crippen LogP contribution in [0.25, 0.3) is 0 Å². The van der Waals surface area contributed by atoms with Gasteiger partial charge in [-0.3, -0.25) is 4.79 Å². The zero-order chi connectivity index (χ0) is 18.3. The second-order valence-electron chi connectivity index (χ2n) is 5.38. The fourth-order valence-corrected chi connectivity index (χ4v) is 3.16. The molecule has 2 aromatic rings. The molecule has 0 atom stereocenters. The predicted molar refractivity (Wildman–Crippen MR) is 105 cm³/mol. The third-order valence-corrected chi connectivity index (χ3v) is 5.30. The molecule has 0 radical (unpaired) electrons. The molecular weight excluding hydrogens is 376 g/mol. The summed E-state index contributed by atoms with van der Waals surface area (Å²) >= 11 is 0. The van der Waals surface area contributed by atoms with Crippen LogP contribution >= 0.6 is 12.4 Å². The van der Waals surface area contributed by atoms with Gasteiger partial charge in [0.25, 0.3) is 0 Å². The minimum absolute atomic E-state index is 0. The van der Waals surface area contributed by atoms with E-state index in [-0.39, 0.29) is 34.7 Å². The molecule has 0 aliphatic carbocycles. The Balaban J connectivity index is 0.00000338. The molecule has 0 aliphatic heterocycles. The first-order chi connectivity index (χ1) is 12.0. The van der Waals surface area contributed by atoms with Crippen LogP contribution in [0.1, 0.15) is 13.3 Å². The summed E-state index contributed by atoms with van der Waals surface area (Å²) in [5, 5.41) is 5.70. The molecule has 0 spiro atoms. The lowest BCUT2D eigenvalue weighted by Gasteiger charge is -2.11.